The fourth-order valence-corrected chi connectivity index (χ4v) is 2.68. The molecule has 0 atom stereocenters. The van der Waals surface area contributed by atoms with Crippen LogP contribution in [0.15, 0.2) is 36.2 Å². The Hall–Kier alpha value is -2.67. The van der Waals surface area contributed by atoms with Gasteiger partial charge in [0.05, 0.1) is 7.11 Å². The quantitative estimate of drug-likeness (QED) is 0.587. The molecule has 1 aromatic carbocycles. The number of hydrogen-bond donors (Lipinski definition) is 1. The van der Waals surface area contributed by atoms with E-state index in [0.29, 0.717) is 22.3 Å². The topological polar surface area (TPSA) is 77.5 Å². The molecule has 126 valence electrons. The maximum Gasteiger partial charge on any atom is 0.264 e. The van der Waals surface area contributed by atoms with Gasteiger partial charge in [-0.2, -0.15) is 0 Å². The van der Waals surface area contributed by atoms with Crippen LogP contribution >= 0.6 is 11.3 Å². The van der Waals surface area contributed by atoms with Gasteiger partial charge in [0.1, 0.15) is 5.69 Å². The third kappa shape index (κ3) is 4.66. The first kappa shape index (κ1) is 17.7. The summed E-state index contributed by atoms with van der Waals surface area (Å²) in [7, 11) is 1.54. The number of benzene rings is 1. The van der Waals surface area contributed by atoms with E-state index in [4.69, 9.17) is 9.47 Å². The van der Waals surface area contributed by atoms with Crippen LogP contribution in [0.1, 0.15) is 23.0 Å². The number of hydrogen-bond acceptors (Lipinski definition) is 6. The Bertz CT molecular complexity index is 755. The third-order valence-electron chi connectivity index (χ3n) is 3.08. The van der Waals surface area contributed by atoms with Gasteiger partial charge < -0.3 is 9.47 Å². The molecule has 1 N–H and O–H groups in total. The highest BCUT2D eigenvalue weighted by Crippen LogP contribution is 2.28. The van der Waals surface area contributed by atoms with E-state index in [2.05, 4.69) is 16.9 Å². The summed E-state index contributed by atoms with van der Waals surface area (Å²) in [4.78, 5) is 27.1. The van der Waals surface area contributed by atoms with Gasteiger partial charge in [0.15, 0.2) is 29.0 Å². The van der Waals surface area contributed by atoms with Gasteiger partial charge in [-0.05, 0) is 24.1 Å². The van der Waals surface area contributed by atoms with Crippen LogP contribution in [0.25, 0.3) is 0 Å². The number of aromatic nitrogens is 1. The molecule has 1 amide bonds. The second-order valence-corrected chi connectivity index (χ2v) is 5.77. The van der Waals surface area contributed by atoms with Crippen molar-refractivity contribution in [3.05, 3.63) is 47.5 Å². The zero-order chi connectivity index (χ0) is 17.5. The summed E-state index contributed by atoms with van der Waals surface area (Å²) in [6.45, 7) is 4.93. The summed E-state index contributed by atoms with van der Waals surface area (Å²) >= 11 is 1.19. The average Bonchev–Trinajstić information content (AvgIpc) is 3.02. The number of allylic oxidation sites excluding steroid dienone is 1. The molecule has 2 rings (SSSR count). The molecule has 0 spiro atoms. The molecular formula is C17H18N2O4S. The van der Waals surface area contributed by atoms with E-state index in [0.717, 1.165) is 12.0 Å². The van der Waals surface area contributed by atoms with Gasteiger partial charge in [-0.1, -0.05) is 12.1 Å². The first-order valence-electron chi connectivity index (χ1n) is 7.20. The van der Waals surface area contributed by atoms with Crippen molar-refractivity contribution < 1.29 is 19.1 Å². The van der Waals surface area contributed by atoms with Gasteiger partial charge >= 0.3 is 0 Å². The molecule has 6 nitrogen and oxygen atoms in total. The first-order chi connectivity index (χ1) is 11.5. The van der Waals surface area contributed by atoms with E-state index >= 15 is 0 Å². The van der Waals surface area contributed by atoms with E-state index < -0.39 is 0 Å². The average molecular weight is 346 g/mol. The molecule has 0 bridgehead atoms. The molecule has 0 radical (unpaired) electrons. The summed E-state index contributed by atoms with van der Waals surface area (Å²) in [6.07, 6.45) is 2.52. The normalized spacial score (nSPS) is 10.1. The molecule has 2 aromatic rings. The maximum absolute atomic E-state index is 11.9. The number of anilines is 1. The number of ketones is 1. The van der Waals surface area contributed by atoms with Crippen LogP contribution < -0.4 is 14.8 Å². The number of nitrogens with zero attached hydrogens (tertiary/aromatic N) is 1. The molecule has 1 aromatic heterocycles. The number of methoxy groups -OCH3 is 1. The van der Waals surface area contributed by atoms with Crippen LogP contribution in [0.4, 0.5) is 5.13 Å². The third-order valence-corrected chi connectivity index (χ3v) is 3.84. The van der Waals surface area contributed by atoms with Crippen molar-refractivity contribution in [2.75, 3.05) is 19.0 Å². The van der Waals surface area contributed by atoms with Crippen LogP contribution in [0.2, 0.25) is 0 Å². The zero-order valence-corrected chi connectivity index (χ0v) is 14.3. The number of carbonyl (C=O) groups excluding carboxylic acids is 2. The van der Waals surface area contributed by atoms with Crippen LogP contribution in [-0.4, -0.2) is 30.4 Å². The summed E-state index contributed by atoms with van der Waals surface area (Å²) in [6, 6.07) is 5.48. The molecule has 24 heavy (non-hydrogen) atoms. The van der Waals surface area contributed by atoms with E-state index in [1.165, 1.54) is 18.3 Å². The Morgan fingerprint density at radius 2 is 2.17 bits per heavy atom. The van der Waals surface area contributed by atoms with Gasteiger partial charge in [-0.25, -0.2) is 4.98 Å². The van der Waals surface area contributed by atoms with E-state index in [-0.39, 0.29) is 18.3 Å². The SMILES string of the molecule is C=CCc1ccc(OCC(=O)Nc2nc(C(C)=O)cs2)c(OC)c1. The number of rotatable bonds is 8. The van der Waals surface area contributed by atoms with Crippen LogP contribution in [-0.2, 0) is 11.2 Å². The minimum absolute atomic E-state index is 0.146. The summed E-state index contributed by atoms with van der Waals surface area (Å²) < 4.78 is 10.8. The van der Waals surface area contributed by atoms with E-state index in [1.54, 1.807) is 24.6 Å². The highest BCUT2D eigenvalue weighted by molar-refractivity contribution is 7.14. The van der Waals surface area contributed by atoms with Crippen molar-refractivity contribution in [1.29, 1.82) is 0 Å². The zero-order valence-electron chi connectivity index (χ0n) is 13.5. The fraction of sp³-hybridized carbons (Fsp3) is 0.235. The molecule has 0 saturated carbocycles. The Morgan fingerprint density at radius 1 is 1.38 bits per heavy atom. The number of Topliss-reactive ketones (excluding diaryl/α,β-unsaturated/α-hetero) is 1. The molecule has 7 heteroatoms. The van der Waals surface area contributed by atoms with Crippen molar-refractivity contribution in [3.8, 4) is 11.5 Å². The van der Waals surface area contributed by atoms with Crippen molar-refractivity contribution in [1.82, 2.24) is 4.98 Å². The van der Waals surface area contributed by atoms with Crippen LogP contribution in [0, 0.1) is 0 Å². The summed E-state index contributed by atoms with van der Waals surface area (Å²) in [5, 5.41) is 4.55. The Balaban J connectivity index is 1.95. The molecular weight excluding hydrogens is 328 g/mol. The van der Waals surface area contributed by atoms with Gasteiger partial charge in [0, 0.05) is 12.3 Å². The number of nitrogens with one attached hydrogen (secondary N) is 1. The second kappa shape index (κ2) is 8.26. The van der Waals surface area contributed by atoms with Gasteiger partial charge in [0.2, 0.25) is 0 Å². The number of carbonyl (C=O) groups is 2. The fourth-order valence-electron chi connectivity index (χ4n) is 1.92. The molecule has 0 fully saturated rings. The predicted molar refractivity (Wildman–Crippen MR) is 93.1 cm³/mol. The predicted octanol–water partition coefficient (Wildman–Crippen LogP) is 3.10. The lowest BCUT2D eigenvalue weighted by atomic mass is 10.1. The van der Waals surface area contributed by atoms with E-state index in [1.807, 2.05) is 12.1 Å². The lowest BCUT2D eigenvalue weighted by Crippen LogP contribution is -2.20. The van der Waals surface area contributed by atoms with Crippen LogP contribution in [0.3, 0.4) is 0 Å². The lowest BCUT2D eigenvalue weighted by Gasteiger charge is -2.11. The lowest BCUT2D eigenvalue weighted by molar-refractivity contribution is -0.118. The molecule has 0 aliphatic carbocycles. The number of thiazole rings is 1. The maximum atomic E-state index is 11.9. The van der Waals surface area contributed by atoms with Crippen molar-refractivity contribution in [3.63, 3.8) is 0 Å². The summed E-state index contributed by atoms with van der Waals surface area (Å²) in [5.74, 6) is 0.517. The molecule has 0 aliphatic rings. The number of amides is 1. The minimum atomic E-state index is -0.364. The van der Waals surface area contributed by atoms with Gasteiger partial charge in [-0.3, -0.25) is 14.9 Å². The van der Waals surface area contributed by atoms with Crippen LogP contribution in [0.5, 0.6) is 11.5 Å². The Kier molecular flexibility index (Phi) is 6.08. The highest BCUT2D eigenvalue weighted by atomic mass is 32.1. The second-order valence-electron chi connectivity index (χ2n) is 4.91. The van der Waals surface area contributed by atoms with Crippen molar-refractivity contribution in [2.24, 2.45) is 0 Å². The summed E-state index contributed by atoms with van der Waals surface area (Å²) in [5.41, 5.74) is 1.37. The Morgan fingerprint density at radius 3 is 2.79 bits per heavy atom. The molecule has 0 unspecified atom stereocenters. The first-order valence-corrected chi connectivity index (χ1v) is 8.08. The molecule has 1 heterocycles. The Labute approximate surface area is 144 Å². The monoisotopic (exact) mass is 346 g/mol. The number of ether oxygens (including phenoxy) is 2. The largest absolute Gasteiger partial charge is 0.493 e. The highest BCUT2D eigenvalue weighted by Gasteiger charge is 2.11. The minimum Gasteiger partial charge on any atom is -0.493 e. The standard InChI is InChI=1S/C17H18N2O4S/c1-4-5-12-6-7-14(15(8-12)22-3)23-9-16(21)19-17-18-13(10-24-17)11(2)20/h4,6-8,10H,1,5,9H2,2-3H3,(H,18,19,21). The van der Waals surface area contributed by atoms with Crippen molar-refractivity contribution >= 4 is 28.2 Å². The van der Waals surface area contributed by atoms with E-state index in [9.17, 15) is 9.59 Å². The molecule has 0 saturated heterocycles. The smallest absolute Gasteiger partial charge is 0.264 e. The van der Waals surface area contributed by atoms with Crippen molar-refractivity contribution in [2.45, 2.75) is 13.3 Å². The van der Waals surface area contributed by atoms with Gasteiger partial charge in [-0.15, -0.1) is 17.9 Å². The molecule has 0 aliphatic heterocycles. The van der Waals surface area contributed by atoms with Gasteiger partial charge in [0.25, 0.3) is 5.91 Å².